The van der Waals surface area contributed by atoms with Crippen molar-refractivity contribution in [1.29, 1.82) is 0 Å². The number of benzene rings is 1. The lowest BCUT2D eigenvalue weighted by atomic mass is 10.2. The van der Waals surface area contributed by atoms with Gasteiger partial charge in [0.15, 0.2) is 0 Å². The smallest absolute Gasteiger partial charge is 0.243 e. The molecule has 126 valence electrons. The van der Waals surface area contributed by atoms with Crippen molar-refractivity contribution >= 4 is 37.8 Å². The number of aryl methyl sites for hydroxylation is 1. The number of aromatic nitrogens is 4. The van der Waals surface area contributed by atoms with E-state index in [1.165, 1.54) is 0 Å². The molecule has 0 atom stereocenters. The molecule has 3 aromatic rings. The van der Waals surface area contributed by atoms with Crippen LogP contribution in [0.15, 0.2) is 43.7 Å². The number of unbranched alkanes of at least 4 members (excludes halogenated alkanes) is 1. The largest absolute Gasteiger partial charge is 0.459 e. The van der Waals surface area contributed by atoms with E-state index in [1.54, 1.807) is 4.68 Å². The maximum absolute atomic E-state index is 5.92. The molecule has 0 amide bonds. The summed E-state index contributed by atoms with van der Waals surface area (Å²) in [5.74, 6) is 2.30. The number of nitrogens with zero attached hydrogens (tertiary/aromatic N) is 4. The van der Waals surface area contributed by atoms with Crippen LogP contribution in [0.4, 0.5) is 5.95 Å². The van der Waals surface area contributed by atoms with Crippen LogP contribution in [-0.2, 0) is 13.1 Å². The lowest BCUT2D eigenvalue weighted by molar-refractivity contribution is 0.526. The molecule has 0 spiro atoms. The predicted octanol–water partition coefficient (Wildman–Crippen LogP) is 4.87. The van der Waals surface area contributed by atoms with Crippen molar-refractivity contribution in [2.45, 2.75) is 32.9 Å². The van der Waals surface area contributed by atoms with Gasteiger partial charge in [0.1, 0.15) is 11.5 Å². The average molecular weight is 455 g/mol. The normalized spacial score (nSPS) is 11.0. The Kier molecular flexibility index (Phi) is 5.68. The number of anilines is 1. The van der Waals surface area contributed by atoms with Crippen LogP contribution in [-0.4, -0.2) is 20.2 Å². The van der Waals surface area contributed by atoms with E-state index >= 15 is 0 Å². The zero-order valence-corrected chi connectivity index (χ0v) is 16.3. The second kappa shape index (κ2) is 7.94. The van der Waals surface area contributed by atoms with E-state index in [9.17, 15) is 0 Å². The highest BCUT2D eigenvalue weighted by Gasteiger charge is 2.10. The van der Waals surface area contributed by atoms with E-state index in [0.29, 0.717) is 12.5 Å². The van der Waals surface area contributed by atoms with Gasteiger partial charge < -0.3 is 9.73 Å². The first-order valence-corrected chi connectivity index (χ1v) is 9.30. The van der Waals surface area contributed by atoms with Gasteiger partial charge in [0.2, 0.25) is 5.95 Å². The Hall–Kier alpha value is -1.67. The van der Waals surface area contributed by atoms with Gasteiger partial charge in [-0.25, -0.2) is 4.68 Å². The third-order valence-corrected chi connectivity index (χ3v) is 4.68. The predicted molar refractivity (Wildman–Crippen MR) is 99.6 cm³/mol. The number of furan rings is 1. The standard InChI is InChI=1S/C16H17Br2N5O/c1-2-3-8-23-16(20-21-22-23)19-10-12-5-7-15(24-12)13-6-4-11(17)9-14(13)18/h4-7,9H,2-3,8,10H2,1H3,(H,19,20,22). The Labute approximate surface area is 156 Å². The first-order valence-electron chi connectivity index (χ1n) is 7.71. The van der Waals surface area contributed by atoms with Crippen molar-refractivity contribution in [3.8, 4) is 11.3 Å². The van der Waals surface area contributed by atoms with Crippen LogP contribution in [0.2, 0.25) is 0 Å². The maximum Gasteiger partial charge on any atom is 0.243 e. The monoisotopic (exact) mass is 453 g/mol. The molecule has 0 aliphatic rings. The summed E-state index contributed by atoms with van der Waals surface area (Å²) in [6.45, 7) is 3.48. The van der Waals surface area contributed by atoms with Crippen LogP contribution < -0.4 is 5.32 Å². The summed E-state index contributed by atoms with van der Waals surface area (Å²) >= 11 is 7.02. The Bertz CT molecular complexity index is 814. The SMILES string of the molecule is CCCCn1nnnc1NCc1ccc(-c2ccc(Br)cc2Br)o1. The fourth-order valence-electron chi connectivity index (χ4n) is 2.26. The number of nitrogens with one attached hydrogen (secondary N) is 1. The van der Waals surface area contributed by atoms with Gasteiger partial charge in [-0.2, -0.15) is 0 Å². The highest BCUT2D eigenvalue weighted by atomic mass is 79.9. The molecule has 24 heavy (non-hydrogen) atoms. The molecular weight excluding hydrogens is 438 g/mol. The lowest BCUT2D eigenvalue weighted by Gasteiger charge is -2.05. The zero-order chi connectivity index (χ0) is 16.9. The molecule has 0 unspecified atom stereocenters. The molecule has 2 heterocycles. The molecule has 0 saturated carbocycles. The number of halogens is 2. The van der Waals surface area contributed by atoms with E-state index in [0.717, 1.165) is 45.4 Å². The molecule has 0 aliphatic heterocycles. The third-order valence-electron chi connectivity index (χ3n) is 3.53. The van der Waals surface area contributed by atoms with E-state index in [2.05, 4.69) is 59.6 Å². The highest BCUT2D eigenvalue weighted by Crippen LogP contribution is 2.32. The molecule has 6 nitrogen and oxygen atoms in total. The average Bonchev–Trinajstić information content (AvgIpc) is 3.20. The molecule has 0 radical (unpaired) electrons. The Morgan fingerprint density at radius 3 is 2.88 bits per heavy atom. The number of hydrogen-bond acceptors (Lipinski definition) is 5. The highest BCUT2D eigenvalue weighted by molar-refractivity contribution is 9.11. The van der Waals surface area contributed by atoms with Crippen LogP contribution in [0.3, 0.4) is 0 Å². The molecule has 0 bridgehead atoms. The Balaban J connectivity index is 1.67. The van der Waals surface area contributed by atoms with Crippen molar-refractivity contribution in [3.05, 3.63) is 45.0 Å². The summed E-state index contributed by atoms with van der Waals surface area (Å²) in [6.07, 6.45) is 2.14. The summed E-state index contributed by atoms with van der Waals surface area (Å²) in [5.41, 5.74) is 1.01. The Morgan fingerprint density at radius 1 is 1.21 bits per heavy atom. The number of rotatable bonds is 7. The Morgan fingerprint density at radius 2 is 2.08 bits per heavy atom. The van der Waals surface area contributed by atoms with Gasteiger partial charge in [-0.15, -0.1) is 0 Å². The minimum Gasteiger partial charge on any atom is -0.459 e. The summed E-state index contributed by atoms with van der Waals surface area (Å²) in [6, 6.07) is 9.91. The molecule has 2 aromatic heterocycles. The first-order chi connectivity index (χ1) is 11.7. The van der Waals surface area contributed by atoms with Gasteiger partial charge in [-0.05, 0) is 63.1 Å². The maximum atomic E-state index is 5.92. The topological polar surface area (TPSA) is 68.8 Å². The number of tetrazole rings is 1. The third kappa shape index (κ3) is 4.05. The van der Waals surface area contributed by atoms with Crippen LogP contribution in [0.5, 0.6) is 0 Å². The minimum absolute atomic E-state index is 0.528. The summed E-state index contributed by atoms with van der Waals surface area (Å²) < 4.78 is 9.70. The summed E-state index contributed by atoms with van der Waals surface area (Å²) in [5, 5.41) is 14.9. The van der Waals surface area contributed by atoms with Gasteiger partial charge >= 0.3 is 0 Å². The molecular formula is C16H17Br2N5O. The fraction of sp³-hybridized carbons (Fsp3) is 0.312. The molecule has 8 heteroatoms. The van der Waals surface area contributed by atoms with E-state index in [-0.39, 0.29) is 0 Å². The zero-order valence-electron chi connectivity index (χ0n) is 13.2. The lowest BCUT2D eigenvalue weighted by Crippen LogP contribution is -2.08. The summed E-state index contributed by atoms with van der Waals surface area (Å²) in [7, 11) is 0. The van der Waals surface area contributed by atoms with Crippen molar-refractivity contribution < 1.29 is 4.42 Å². The van der Waals surface area contributed by atoms with Crippen LogP contribution in [0.25, 0.3) is 11.3 Å². The quantitative estimate of drug-likeness (QED) is 0.551. The van der Waals surface area contributed by atoms with Gasteiger partial charge in [-0.3, -0.25) is 0 Å². The van der Waals surface area contributed by atoms with Gasteiger partial charge in [0, 0.05) is 21.1 Å². The van der Waals surface area contributed by atoms with Gasteiger partial charge in [0.05, 0.1) is 6.54 Å². The second-order valence-corrected chi connectivity index (χ2v) is 7.09. The van der Waals surface area contributed by atoms with E-state index < -0.39 is 0 Å². The summed E-state index contributed by atoms with van der Waals surface area (Å²) in [4.78, 5) is 0. The van der Waals surface area contributed by atoms with Crippen LogP contribution in [0, 0.1) is 0 Å². The molecule has 3 rings (SSSR count). The second-order valence-electron chi connectivity index (χ2n) is 5.32. The van der Waals surface area contributed by atoms with Crippen molar-refractivity contribution in [3.63, 3.8) is 0 Å². The van der Waals surface area contributed by atoms with Crippen LogP contribution in [0.1, 0.15) is 25.5 Å². The fourth-order valence-corrected chi connectivity index (χ4v) is 3.51. The molecule has 0 saturated heterocycles. The van der Waals surface area contributed by atoms with Crippen LogP contribution >= 0.6 is 31.9 Å². The van der Waals surface area contributed by atoms with Crippen molar-refractivity contribution in [1.82, 2.24) is 20.2 Å². The molecule has 1 aromatic carbocycles. The molecule has 0 aliphatic carbocycles. The molecule has 1 N–H and O–H groups in total. The van der Waals surface area contributed by atoms with Gasteiger partial charge in [-0.1, -0.05) is 34.4 Å². The van der Waals surface area contributed by atoms with Gasteiger partial charge in [0.25, 0.3) is 0 Å². The number of hydrogen-bond donors (Lipinski definition) is 1. The minimum atomic E-state index is 0.528. The van der Waals surface area contributed by atoms with E-state index in [1.807, 2.05) is 30.3 Å². The van der Waals surface area contributed by atoms with E-state index in [4.69, 9.17) is 4.42 Å². The first kappa shape index (κ1) is 17.2. The molecule has 0 fully saturated rings. The van der Waals surface area contributed by atoms with Crippen molar-refractivity contribution in [2.75, 3.05) is 5.32 Å². The van der Waals surface area contributed by atoms with Crippen molar-refractivity contribution in [2.24, 2.45) is 0 Å².